The number of carbonyl (C=O) groups is 1. The zero-order valence-corrected chi connectivity index (χ0v) is 13.7. The molecule has 5 atom stereocenters. The van der Waals surface area contributed by atoms with Crippen LogP contribution in [0.25, 0.3) is 0 Å². The van der Waals surface area contributed by atoms with Gasteiger partial charge in [-0.2, -0.15) is 0 Å². The molecule has 0 radical (unpaired) electrons. The lowest BCUT2D eigenvalue weighted by Crippen LogP contribution is -2.45. The molecule has 0 aromatic heterocycles. The summed E-state index contributed by atoms with van der Waals surface area (Å²) in [6, 6.07) is 8.80. The van der Waals surface area contributed by atoms with Crippen LogP contribution in [0, 0.1) is 21.3 Å². The van der Waals surface area contributed by atoms with Crippen molar-refractivity contribution in [3.05, 3.63) is 33.4 Å². The Hall–Kier alpha value is -0.620. The summed E-state index contributed by atoms with van der Waals surface area (Å²) >= 11 is 2.30. The highest BCUT2D eigenvalue weighted by Gasteiger charge is 2.51. The predicted molar refractivity (Wildman–Crippen MR) is 86.5 cm³/mol. The Labute approximate surface area is 133 Å². The van der Waals surface area contributed by atoms with E-state index in [-0.39, 0.29) is 18.0 Å². The fourth-order valence-corrected chi connectivity index (χ4v) is 4.38. The molecule has 5 unspecified atom stereocenters. The molecule has 4 heteroatoms. The average molecular weight is 385 g/mol. The quantitative estimate of drug-likeness (QED) is 0.781. The first kappa shape index (κ1) is 14.3. The molecule has 1 aromatic rings. The van der Waals surface area contributed by atoms with Gasteiger partial charge in [-0.3, -0.25) is 4.79 Å². The summed E-state index contributed by atoms with van der Waals surface area (Å²) in [6.07, 6.45) is 3.37. The number of rotatable bonds is 4. The molecule has 3 nitrogen and oxygen atoms in total. The third kappa shape index (κ3) is 2.60. The number of halogens is 1. The van der Waals surface area contributed by atoms with Crippen molar-refractivity contribution in [1.29, 1.82) is 0 Å². The van der Waals surface area contributed by atoms with Gasteiger partial charge in [0.05, 0.1) is 5.92 Å². The Morgan fingerprint density at radius 1 is 1.30 bits per heavy atom. The molecule has 3 rings (SSSR count). The third-order valence-electron chi connectivity index (χ3n) is 5.01. The maximum atomic E-state index is 11.5. The van der Waals surface area contributed by atoms with Crippen LogP contribution in [0.1, 0.15) is 37.8 Å². The van der Waals surface area contributed by atoms with Crippen molar-refractivity contribution in [2.75, 3.05) is 0 Å². The van der Waals surface area contributed by atoms with Crippen molar-refractivity contribution in [2.45, 2.75) is 38.3 Å². The van der Waals surface area contributed by atoms with Crippen molar-refractivity contribution < 1.29 is 9.90 Å². The van der Waals surface area contributed by atoms with Crippen molar-refractivity contribution in [3.63, 3.8) is 0 Å². The molecule has 2 bridgehead atoms. The number of hydrogen-bond acceptors (Lipinski definition) is 2. The third-order valence-corrected chi connectivity index (χ3v) is 5.73. The summed E-state index contributed by atoms with van der Waals surface area (Å²) in [5.41, 5.74) is 1.23. The Balaban J connectivity index is 1.73. The molecular formula is C16H20INO2. The zero-order chi connectivity index (χ0) is 14.3. The van der Waals surface area contributed by atoms with E-state index in [4.69, 9.17) is 0 Å². The van der Waals surface area contributed by atoms with E-state index < -0.39 is 5.97 Å². The van der Waals surface area contributed by atoms with E-state index in [0.29, 0.717) is 11.8 Å². The van der Waals surface area contributed by atoms with Gasteiger partial charge in [-0.1, -0.05) is 12.1 Å². The van der Waals surface area contributed by atoms with Gasteiger partial charge in [0.1, 0.15) is 0 Å². The second-order valence-corrected chi connectivity index (χ2v) is 7.41. The number of carboxylic acid groups (broad SMARTS) is 1. The Morgan fingerprint density at radius 3 is 2.60 bits per heavy atom. The van der Waals surface area contributed by atoms with Crippen LogP contribution in [-0.4, -0.2) is 17.1 Å². The molecule has 0 saturated heterocycles. The highest BCUT2D eigenvalue weighted by molar-refractivity contribution is 14.1. The van der Waals surface area contributed by atoms with Crippen molar-refractivity contribution >= 4 is 28.6 Å². The van der Waals surface area contributed by atoms with E-state index in [9.17, 15) is 9.90 Å². The largest absolute Gasteiger partial charge is 0.481 e. The van der Waals surface area contributed by atoms with E-state index in [1.807, 2.05) is 0 Å². The van der Waals surface area contributed by atoms with Crippen LogP contribution in [0.3, 0.4) is 0 Å². The summed E-state index contributed by atoms with van der Waals surface area (Å²) in [5, 5.41) is 13.1. The lowest BCUT2D eigenvalue weighted by Gasteiger charge is -2.31. The van der Waals surface area contributed by atoms with Gasteiger partial charge < -0.3 is 10.4 Å². The molecule has 0 aliphatic heterocycles. The van der Waals surface area contributed by atoms with Crippen LogP contribution in [0.15, 0.2) is 24.3 Å². The van der Waals surface area contributed by atoms with E-state index in [1.165, 1.54) is 15.6 Å². The lowest BCUT2D eigenvalue weighted by atomic mass is 9.84. The zero-order valence-electron chi connectivity index (χ0n) is 11.6. The van der Waals surface area contributed by atoms with Crippen LogP contribution in [0.4, 0.5) is 0 Å². The van der Waals surface area contributed by atoms with Gasteiger partial charge in [0.25, 0.3) is 0 Å². The Kier molecular flexibility index (Phi) is 4.04. The monoisotopic (exact) mass is 385 g/mol. The molecule has 108 valence electrons. The highest BCUT2D eigenvalue weighted by atomic mass is 127. The number of hydrogen-bond donors (Lipinski definition) is 2. The summed E-state index contributed by atoms with van der Waals surface area (Å²) in [4.78, 5) is 11.5. The van der Waals surface area contributed by atoms with Crippen LogP contribution < -0.4 is 5.32 Å². The Morgan fingerprint density at radius 2 is 1.95 bits per heavy atom. The molecular weight excluding hydrogens is 365 g/mol. The van der Waals surface area contributed by atoms with Gasteiger partial charge in [0.2, 0.25) is 0 Å². The molecule has 0 amide bonds. The SMILES string of the molecule is CC(NC1C2CCC(C2)C1C(=O)O)c1ccc(I)cc1. The van der Waals surface area contributed by atoms with Crippen LogP contribution in [0.5, 0.6) is 0 Å². The maximum Gasteiger partial charge on any atom is 0.308 e. The van der Waals surface area contributed by atoms with Gasteiger partial charge in [0, 0.05) is 15.7 Å². The van der Waals surface area contributed by atoms with Crippen LogP contribution >= 0.6 is 22.6 Å². The number of nitrogens with one attached hydrogen (secondary N) is 1. The summed E-state index contributed by atoms with van der Waals surface area (Å²) in [6.45, 7) is 2.13. The van der Waals surface area contributed by atoms with Crippen LogP contribution in [-0.2, 0) is 4.79 Å². The minimum atomic E-state index is -0.621. The highest BCUT2D eigenvalue weighted by Crippen LogP contribution is 2.49. The van der Waals surface area contributed by atoms with Crippen molar-refractivity contribution in [1.82, 2.24) is 5.32 Å². The van der Waals surface area contributed by atoms with E-state index >= 15 is 0 Å². The Bertz CT molecular complexity index is 502. The summed E-state index contributed by atoms with van der Waals surface area (Å²) < 4.78 is 1.22. The van der Waals surface area contributed by atoms with Crippen LogP contribution in [0.2, 0.25) is 0 Å². The average Bonchev–Trinajstić information content (AvgIpc) is 3.00. The standard InChI is InChI=1S/C16H20INO2/c1-9(10-4-6-13(17)7-5-10)18-15-12-3-2-11(8-12)14(15)16(19)20/h4-7,9,11-12,14-15,18H,2-3,8H2,1H3,(H,19,20). The minimum Gasteiger partial charge on any atom is -0.481 e. The fraction of sp³-hybridized carbons (Fsp3) is 0.562. The molecule has 0 spiro atoms. The number of carboxylic acids is 1. The second kappa shape index (κ2) is 5.64. The molecule has 0 heterocycles. The first-order valence-electron chi connectivity index (χ1n) is 7.30. The van der Waals surface area contributed by atoms with Gasteiger partial charge in [-0.25, -0.2) is 0 Å². The van der Waals surface area contributed by atoms with E-state index in [2.05, 4.69) is 59.1 Å². The molecule has 2 aliphatic carbocycles. The lowest BCUT2D eigenvalue weighted by molar-refractivity contribution is -0.144. The summed E-state index contributed by atoms with van der Waals surface area (Å²) in [5.74, 6) is 0.121. The number of benzene rings is 1. The number of fused-ring (bicyclic) bond motifs is 2. The fourth-order valence-electron chi connectivity index (χ4n) is 4.02. The normalized spacial score (nSPS) is 33.3. The molecule has 2 saturated carbocycles. The minimum absolute atomic E-state index is 0.139. The summed E-state index contributed by atoms with van der Waals surface area (Å²) in [7, 11) is 0. The van der Waals surface area contributed by atoms with Gasteiger partial charge >= 0.3 is 5.97 Å². The smallest absolute Gasteiger partial charge is 0.308 e. The molecule has 2 N–H and O–H groups in total. The number of aliphatic carboxylic acids is 1. The second-order valence-electron chi connectivity index (χ2n) is 6.16. The topological polar surface area (TPSA) is 49.3 Å². The van der Waals surface area contributed by atoms with Gasteiger partial charge in [-0.15, -0.1) is 0 Å². The van der Waals surface area contributed by atoms with E-state index in [0.717, 1.165) is 12.8 Å². The molecule has 2 aliphatic rings. The van der Waals surface area contributed by atoms with Crippen molar-refractivity contribution in [2.24, 2.45) is 17.8 Å². The molecule has 20 heavy (non-hydrogen) atoms. The van der Waals surface area contributed by atoms with Gasteiger partial charge in [0.15, 0.2) is 0 Å². The van der Waals surface area contributed by atoms with E-state index in [1.54, 1.807) is 0 Å². The first-order chi connectivity index (χ1) is 9.56. The van der Waals surface area contributed by atoms with Crippen molar-refractivity contribution in [3.8, 4) is 0 Å². The first-order valence-corrected chi connectivity index (χ1v) is 8.38. The molecule has 1 aromatic carbocycles. The maximum absolute atomic E-state index is 11.5. The van der Waals surface area contributed by atoms with Gasteiger partial charge in [-0.05, 0) is 78.3 Å². The predicted octanol–water partition coefficient (Wildman–Crippen LogP) is 3.44. The molecule has 2 fully saturated rings.